The fourth-order valence-electron chi connectivity index (χ4n) is 3.92. The topological polar surface area (TPSA) is 20.2 Å². The summed E-state index contributed by atoms with van der Waals surface area (Å²) in [5.74, 6) is 2.41. The second kappa shape index (κ2) is 2.27. The van der Waals surface area contributed by atoms with Gasteiger partial charge in [-0.2, -0.15) is 0 Å². The van der Waals surface area contributed by atoms with Gasteiger partial charge in [0.1, 0.15) is 0 Å². The summed E-state index contributed by atoms with van der Waals surface area (Å²) in [6.45, 7) is 0. The monoisotopic (exact) mass is 230 g/mol. The number of alkyl halides is 1. The molecule has 0 aliphatic heterocycles. The number of hydrogen-bond donors (Lipinski definition) is 1. The van der Waals surface area contributed by atoms with Crippen LogP contribution in [0.15, 0.2) is 0 Å². The van der Waals surface area contributed by atoms with Crippen LogP contribution in [-0.2, 0) is 0 Å². The summed E-state index contributed by atoms with van der Waals surface area (Å²) < 4.78 is 0. The molecular weight excluding hydrogens is 216 g/mol. The first kappa shape index (κ1) is 7.81. The van der Waals surface area contributed by atoms with Crippen molar-refractivity contribution in [1.82, 2.24) is 0 Å². The van der Waals surface area contributed by atoms with Gasteiger partial charge in [0.05, 0.1) is 5.60 Å². The van der Waals surface area contributed by atoms with Crippen LogP contribution >= 0.6 is 15.9 Å². The summed E-state index contributed by atoms with van der Waals surface area (Å²) in [6, 6.07) is 0. The van der Waals surface area contributed by atoms with Crippen LogP contribution in [0.4, 0.5) is 0 Å². The highest BCUT2D eigenvalue weighted by Gasteiger charge is 2.53. The molecule has 0 saturated heterocycles. The van der Waals surface area contributed by atoms with Gasteiger partial charge in [-0.05, 0) is 49.9 Å². The minimum atomic E-state index is -0.249. The Morgan fingerprint density at radius 1 is 1.08 bits per heavy atom. The summed E-state index contributed by atoms with van der Waals surface area (Å²) in [5.41, 5.74) is -0.249. The van der Waals surface area contributed by atoms with Gasteiger partial charge in [-0.3, -0.25) is 0 Å². The largest absolute Gasteiger partial charge is 0.390 e. The standard InChI is InChI=1S/C10H15BrO/c11-9-7-1-6-2-8(9)5-10(12,3-6)4-7/h6-9,12H,1-5H2. The minimum Gasteiger partial charge on any atom is -0.390 e. The molecule has 0 amide bonds. The first-order valence-electron chi connectivity index (χ1n) is 5.03. The zero-order chi connectivity index (χ0) is 8.34. The van der Waals surface area contributed by atoms with E-state index in [0.29, 0.717) is 4.83 Å². The molecule has 0 heterocycles. The average Bonchev–Trinajstić information content (AvgIpc) is 1.96. The van der Waals surface area contributed by atoms with Crippen LogP contribution in [0.2, 0.25) is 0 Å². The first-order valence-corrected chi connectivity index (χ1v) is 5.94. The maximum atomic E-state index is 10.2. The van der Waals surface area contributed by atoms with Crippen LogP contribution in [0.3, 0.4) is 0 Å². The molecule has 0 spiro atoms. The summed E-state index contributed by atoms with van der Waals surface area (Å²) in [6.07, 6.45) is 5.97. The van der Waals surface area contributed by atoms with E-state index >= 15 is 0 Å². The lowest BCUT2D eigenvalue weighted by Gasteiger charge is -2.56. The maximum absolute atomic E-state index is 10.2. The van der Waals surface area contributed by atoms with E-state index in [-0.39, 0.29) is 5.60 Å². The fourth-order valence-corrected chi connectivity index (χ4v) is 4.72. The third-order valence-corrected chi connectivity index (χ3v) is 5.62. The zero-order valence-electron chi connectivity index (χ0n) is 7.17. The van der Waals surface area contributed by atoms with E-state index < -0.39 is 0 Å². The molecule has 1 N–H and O–H groups in total. The van der Waals surface area contributed by atoms with Crippen LogP contribution in [0.25, 0.3) is 0 Å². The van der Waals surface area contributed by atoms with Gasteiger partial charge in [0.2, 0.25) is 0 Å². The lowest BCUT2D eigenvalue weighted by molar-refractivity contribution is -0.119. The minimum absolute atomic E-state index is 0.249. The van der Waals surface area contributed by atoms with Crippen LogP contribution in [0, 0.1) is 17.8 Å². The molecule has 4 saturated carbocycles. The predicted octanol–water partition coefficient (Wildman–Crippen LogP) is 2.32. The Bertz CT molecular complexity index is 200. The van der Waals surface area contributed by atoms with Crippen LogP contribution < -0.4 is 0 Å². The number of hydrogen-bond acceptors (Lipinski definition) is 1. The molecule has 4 rings (SSSR count). The van der Waals surface area contributed by atoms with Gasteiger partial charge >= 0.3 is 0 Å². The SMILES string of the molecule is OC12CC3CC(C1)C(Br)C(C3)C2. The second-order valence-corrected chi connectivity index (χ2v) is 6.20. The summed E-state index contributed by atoms with van der Waals surface area (Å²) in [7, 11) is 0. The molecule has 2 unspecified atom stereocenters. The van der Waals surface area contributed by atoms with Crippen molar-refractivity contribution in [1.29, 1.82) is 0 Å². The van der Waals surface area contributed by atoms with Gasteiger partial charge < -0.3 is 5.11 Å². The number of aliphatic hydroxyl groups is 1. The van der Waals surface area contributed by atoms with Gasteiger partial charge in [0.25, 0.3) is 0 Å². The highest BCUT2D eigenvalue weighted by Crippen LogP contribution is 2.57. The smallest absolute Gasteiger partial charge is 0.0656 e. The quantitative estimate of drug-likeness (QED) is 0.634. The van der Waals surface area contributed by atoms with Gasteiger partial charge in [0, 0.05) is 4.83 Å². The summed E-state index contributed by atoms with van der Waals surface area (Å²) >= 11 is 3.79. The van der Waals surface area contributed by atoms with Gasteiger partial charge in [0.15, 0.2) is 0 Å². The molecule has 4 fully saturated rings. The highest BCUT2D eigenvalue weighted by atomic mass is 79.9. The Kier molecular flexibility index (Phi) is 1.48. The zero-order valence-corrected chi connectivity index (χ0v) is 8.76. The molecule has 4 bridgehead atoms. The Labute approximate surface area is 81.7 Å². The number of halogens is 1. The van der Waals surface area contributed by atoms with Crippen molar-refractivity contribution in [3.63, 3.8) is 0 Å². The molecule has 0 aromatic rings. The molecule has 68 valence electrons. The normalized spacial score (nSPS) is 62.5. The molecule has 4 aliphatic carbocycles. The van der Waals surface area contributed by atoms with Gasteiger partial charge in [-0.1, -0.05) is 15.9 Å². The average molecular weight is 231 g/mol. The number of rotatable bonds is 0. The van der Waals surface area contributed by atoms with E-state index in [9.17, 15) is 5.11 Å². The maximum Gasteiger partial charge on any atom is 0.0656 e. The lowest BCUT2D eigenvalue weighted by atomic mass is 9.54. The van der Waals surface area contributed by atoms with Crippen LogP contribution in [0.1, 0.15) is 32.1 Å². The van der Waals surface area contributed by atoms with Crippen molar-refractivity contribution < 1.29 is 5.11 Å². The Balaban J connectivity index is 1.95. The van der Waals surface area contributed by atoms with Crippen molar-refractivity contribution in [3.05, 3.63) is 0 Å². The predicted molar refractivity (Wildman–Crippen MR) is 51.2 cm³/mol. The highest BCUT2D eigenvalue weighted by molar-refractivity contribution is 9.09. The molecule has 2 heteroatoms. The Hall–Kier alpha value is 0.440. The Morgan fingerprint density at radius 2 is 1.67 bits per heavy atom. The van der Waals surface area contributed by atoms with Gasteiger partial charge in [-0.25, -0.2) is 0 Å². The van der Waals surface area contributed by atoms with Crippen molar-refractivity contribution in [3.8, 4) is 0 Å². The molecule has 4 aliphatic rings. The van der Waals surface area contributed by atoms with E-state index in [1.807, 2.05) is 0 Å². The first-order chi connectivity index (χ1) is 5.66. The Morgan fingerprint density at radius 3 is 2.17 bits per heavy atom. The van der Waals surface area contributed by atoms with Crippen LogP contribution in [-0.4, -0.2) is 15.5 Å². The molecule has 12 heavy (non-hydrogen) atoms. The van der Waals surface area contributed by atoms with Crippen LogP contribution in [0.5, 0.6) is 0 Å². The van der Waals surface area contributed by atoms with E-state index in [2.05, 4.69) is 15.9 Å². The summed E-state index contributed by atoms with van der Waals surface area (Å²) in [4.78, 5) is 0.717. The van der Waals surface area contributed by atoms with Crippen molar-refractivity contribution in [2.24, 2.45) is 17.8 Å². The third-order valence-electron chi connectivity index (χ3n) is 4.13. The fraction of sp³-hybridized carbons (Fsp3) is 1.00. The van der Waals surface area contributed by atoms with Crippen molar-refractivity contribution in [2.45, 2.75) is 42.5 Å². The molecule has 0 radical (unpaired) electrons. The van der Waals surface area contributed by atoms with Crippen molar-refractivity contribution >= 4 is 15.9 Å². The van der Waals surface area contributed by atoms with E-state index in [0.717, 1.165) is 37.0 Å². The molecule has 0 aromatic carbocycles. The molecule has 1 nitrogen and oxygen atoms in total. The lowest BCUT2D eigenvalue weighted by Crippen LogP contribution is -2.55. The van der Waals surface area contributed by atoms with Crippen molar-refractivity contribution in [2.75, 3.05) is 0 Å². The third kappa shape index (κ3) is 0.941. The van der Waals surface area contributed by atoms with Gasteiger partial charge in [-0.15, -0.1) is 0 Å². The van der Waals surface area contributed by atoms with E-state index in [1.54, 1.807) is 0 Å². The van der Waals surface area contributed by atoms with E-state index in [4.69, 9.17) is 0 Å². The second-order valence-electron chi connectivity index (χ2n) is 5.14. The summed E-state index contributed by atoms with van der Waals surface area (Å²) in [5, 5.41) is 10.2. The molecular formula is C10H15BrO. The molecule has 2 atom stereocenters. The van der Waals surface area contributed by atoms with E-state index in [1.165, 1.54) is 12.8 Å². The molecule has 0 aromatic heterocycles.